The van der Waals surface area contributed by atoms with Gasteiger partial charge in [0.1, 0.15) is 12.4 Å². The van der Waals surface area contributed by atoms with E-state index in [0.29, 0.717) is 40.3 Å². The summed E-state index contributed by atoms with van der Waals surface area (Å²) in [6, 6.07) is 8.09. The molecule has 0 saturated carbocycles. The van der Waals surface area contributed by atoms with E-state index < -0.39 is 5.82 Å². The third-order valence-corrected chi connectivity index (χ3v) is 4.29. The fourth-order valence-corrected chi connectivity index (χ4v) is 2.75. The lowest BCUT2D eigenvalue weighted by molar-refractivity contribution is 0.265. The van der Waals surface area contributed by atoms with Crippen LogP contribution in [0.3, 0.4) is 0 Å². The molecule has 3 nitrogen and oxygen atoms in total. The Morgan fingerprint density at radius 1 is 1.04 bits per heavy atom. The molecule has 0 amide bonds. The lowest BCUT2D eigenvalue weighted by Gasteiger charge is -2.16. The second-order valence-electron chi connectivity index (χ2n) is 5.49. The molecule has 0 aromatic heterocycles. The summed E-state index contributed by atoms with van der Waals surface area (Å²) in [6.07, 6.45) is 1.04. The maximum atomic E-state index is 13.9. The fraction of sp³-hybridized carbons (Fsp3) is 0.368. The van der Waals surface area contributed by atoms with Gasteiger partial charge in [-0.1, -0.05) is 36.2 Å². The molecule has 0 saturated heterocycles. The molecular formula is C19H22Cl2FNO2. The minimum Gasteiger partial charge on any atom is -0.490 e. The summed E-state index contributed by atoms with van der Waals surface area (Å²) in [5, 5.41) is 4.20. The van der Waals surface area contributed by atoms with Gasteiger partial charge in [-0.05, 0) is 43.7 Å². The third kappa shape index (κ3) is 5.50. The Hall–Kier alpha value is -1.49. The van der Waals surface area contributed by atoms with Gasteiger partial charge in [-0.15, -0.1) is 0 Å². The van der Waals surface area contributed by atoms with Crippen LogP contribution in [0.4, 0.5) is 4.39 Å². The maximum Gasteiger partial charge on any atom is 0.163 e. The Labute approximate surface area is 158 Å². The Morgan fingerprint density at radius 3 is 2.48 bits per heavy atom. The van der Waals surface area contributed by atoms with E-state index in [-0.39, 0.29) is 6.61 Å². The molecule has 0 heterocycles. The van der Waals surface area contributed by atoms with E-state index >= 15 is 0 Å². The van der Waals surface area contributed by atoms with E-state index in [2.05, 4.69) is 12.2 Å². The van der Waals surface area contributed by atoms with Crippen LogP contribution in [0.5, 0.6) is 11.5 Å². The summed E-state index contributed by atoms with van der Waals surface area (Å²) in [7, 11) is 0. The van der Waals surface area contributed by atoms with Gasteiger partial charge < -0.3 is 14.8 Å². The van der Waals surface area contributed by atoms with Crippen molar-refractivity contribution in [1.29, 1.82) is 0 Å². The average Bonchev–Trinajstić information content (AvgIpc) is 2.58. The number of nitrogens with one attached hydrogen (secondary N) is 1. The van der Waals surface area contributed by atoms with Crippen molar-refractivity contribution in [3.8, 4) is 11.5 Å². The van der Waals surface area contributed by atoms with Crippen molar-refractivity contribution in [2.45, 2.75) is 33.4 Å². The highest BCUT2D eigenvalue weighted by atomic mass is 35.5. The zero-order valence-corrected chi connectivity index (χ0v) is 15.9. The number of ether oxygens (including phenoxy) is 2. The topological polar surface area (TPSA) is 30.5 Å². The zero-order valence-electron chi connectivity index (χ0n) is 14.4. The first-order valence-electron chi connectivity index (χ1n) is 8.28. The standard InChI is InChI=1S/C19H22Cl2FNO2/c1-3-8-23-11-13-9-18(24-4-2)19(10-16(13)21)25-12-14-15(20)6-5-7-17(14)22/h5-7,9-10,23H,3-4,8,11-12H2,1-2H3. The molecule has 136 valence electrons. The molecule has 0 fully saturated rings. The molecule has 6 heteroatoms. The van der Waals surface area contributed by atoms with Gasteiger partial charge in [-0.25, -0.2) is 4.39 Å². The third-order valence-electron chi connectivity index (χ3n) is 3.59. The van der Waals surface area contributed by atoms with E-state index in [1.807, 2.05) is 13.0 Å². The summed E-state index contributed by atoms with van der Waals surface area (Å²) in [4.78, 5) is 0. The minimum atomic E-state index is -0.406. The first-order chi connectivity index (χ1) is 12.1. The van der Waals surface area contributed by atoms with Crippen LogP contribution in [0.1, 0.15) is 31.4 Å². The molecule has 25 heavy (non-hydrogen) atoms. The van der Waals surface area contributed by atoms with Crippen LogP contribution in [0.25, 0.3) is 0 Å². The highest BCUT2D eigenvalue weighted by Gasteiger charge is 2.13. The van der Waals surface area contributed by atoms with Crippen LogP contribution in [0, 0.1) is 5.82 Å². The van der Waals surface area contributed by atoms with Crippen LogP contribution >= 0.6 is 23.2 Å². The largest absolute Gasteiger partial charge is 0.490 e. The van der Waals surface area contributed by atoms with Crippen LogP contribution in [0.15, 0.2) is 30.3 Å². The molecule has 0 bridgehead atoms. The smallest absolute Gasteiger partial charge is 0.163 e. The van der Waals surface area contributed by atoms with E-state index in [0.717, 1.165) is 18.5 Å². The summed E-state index contributed by atoms with van der Waals surface area (Å²) in [5.41, 5.74) is 1.23. The predicted octanol–water partition coefficient (Wildman–Crippen LogP) is 5.61. The lowest BCUT2D eigenvalue weighted by atomic mass is 10.2. The van der Waals surface area contributed by atoms with E-state index in [4.69, 9.17) is 32.7 Å². The Morgan fingerprint density at radius 2 is 1.80 bits per heavy atom. The maximum absolute atomic E-state index is 13.9. The molecule has 0 unspecified atom stereocenters. The van der Waals surface area contributed by atoms with E-state index in [1.165, 1.54) is 6.07 Å². The number of rotatable bonds is 9. The molecule has 0 radical (unpaired) electrons. The van der Waals surface area contributed by atoms with Gasteiger partial charge in [-0.3, -0.25) is 0 Å². The zero-order chi connectivity index (χ0) is 18.2. The monoisotopic (exact) mass is 385 g/mol. The minimum absolute atomic E-state index is 0.00462. The van der Waals surface area contributed by atoms with Crippen molar-refractivity contribution in [3.63, 3.8) is 0 Å². The SMILES string of the molecule is CCCNCc1cc(OCC)c(OCc2c(F)cccc2Cl)cc1Cl. The Bertz CT molecular complexity index is 690. The molecular weight excluding hydrogens is 364 g/mol. The van der Waals surface area contributed by atoms with E-state index in [9.17, 15) is 4.39 Å². The summed E-state index contributed by atoms with van der Waals surface area (Å²) >= 11 is 12.4. The summed E-state index contributed by atoms with van der Waals surface area (Å²) in [6.45, 7) is 6.03. The van der Waals surface area contributed by atoms with Crippen LogP contribution in [0.2, 0.25) is 10.0 Å². The second kappa shape index (κ2) is 9.85. The first kappa shape index (κ1) is 19.8. The van der Waals surface area contributed by atoms with Gasteiger partial charge in [-0.2, -0.15) is 0 Å². The van der Waals surface area contributed by atoms with Crippen molar-refractivity contribution in [3.05, 3.63) is 57.3 Å². The number of halogens is 3. The van der Waals surface area contributed by atoms with Gasteiger partial charge in [0, 0.05) is 23.2 Å². The van der Waals surface area contributed by atoms with Gasteiger partial charge in [0.15, 0.2) is 11.5 Å². The fourth-order valence-electron chi connectivity index (χ4n) is 2.31. The first-order valence-corrected chi connectivity index (χ1v) is 9.04. The van der Waals surface area contributed by atoms with Gasteiger partial charge in [0.05, 0.1) is 11.6 Å². The van der Waals surface area contributed by atoms with Crippen molar-refractivity contribution in [2.75, 3.05) is 13.2 Å². The molecule has 0 atom stereocenters. The van der Waals surface area contributed by atoms with Gasteiger partial charge in [0.2, 0.25) is 0 Å². The highest BCUT2D eigenvalue weighted by molar-refractivity contribution is 6.31. The number of hydrogen-bond acceptors (Lipinski definition) is 3. The molecule has 0 aliphatic carbocycles. The molecule has 2 aromatic carbocycles. The molecule has 0 aliphatic heterocycles. The van der Waals surface area contributed by atoms with Crippen molar-refractivity contribution < 1.29 is 13.9 Å². The Balaban J connectivity index is 2.19. The second-order valence-corrected chi connectivity index (χ2v) is 6.30. The average molecular weight is 386 g/mol. The molecule has 0 aliphatic rings. The van der Waals surface area contributed by atoms with Crippen LogP contribution in [-0.4, -0.2) is 13.2 Å². The van der Waals surface area contributed by atoms with Crippen LogP contribution in [-0.2, 0) is 13.2 Å². The van der Waals surface area contributed by atoms with Crippen molar-refractivity contribution in [1.82, 2.24) is 5.32 Å². The normalized spacial score (nSPS) is 10.8. The molecule has 2 aromatic rings. The highest BCUT2D eigenvalue weighted by Crippen LogP contribution is 2.35. The molecule has 2 rings (SSSR count). The van der Waals surface area contributed by atoms with Crippen LogP contribution < -0.4 is 14.8 Å². The number of hydrogen-bond donors (Lipinski definition) is 1. The number of benzene rings is 2. The summed E-state index contributed by atoms with van der Waals surface area (Å²) < 4.78 is 25.3. The molecule has 1 N–H and O–H groups in total. The Kier molecular flexibility index (Phi) is 7.82. The summed E-state index contributed by atoms with van der Waals surface area (Å²) in [5.74, 6) is 0.634. The lowest BCUT2D eigenvalue weighted by Crippen LogP contribution is -2.14. The van der Waals surface area contributed by atoms with Gasteiger partial charge in [0.25, 0.3) is 0 Å². The molecule has 0 spiro atoms. The quantitative estimate of drug-likeness (QED) is 0.569. The van der Waals surface area contributed by atoms with Crippen molar-refractivity contribution in [2.24, 2.45) is 0 Å². The van der Waals surface area contributed by atoms with Crippen molar-refractivity contribution >= 4 is 23.2 Å². The predicted molar refractivity (Wildman–Crippen MR) is 100 cm³/mol. The van der Waals surface area contributed by atoms with E-state index in [1.54, 1.807) is 18.2 Å². The van der Waals surface area contributed by atoms with Gasteiger partial charge >= 0.3 is 0 Å².